The van der Waals surface area contributed by atoms with Crippen molar-refractivity contribution in [3.8, 4) is 5.69 Å². The normalized spacial score (nSPS) is 10.2. The van der Waals surface area contributed by atoms with Gasteiger partial charge in [0.1, 0.15) is 5.56 Å². The van der Waals surface area contributed by atoms with Gasteiger partial charge in [0.05, 0.1) is 16.4 Å². The van der Waals surface area contributed by atoms with Crippen molar-refractivity contribution in [2.45, 2.75) is 0 Å². The van der Waals surface area contributed by atoms with Crippen LogP contribution in [0.2, 0.25) is 0 Å². The molecule has 0 aliphatic heterocycles. The van der Waals surface area contributed by atoms with Gasteiger partial charge >= 0.3 is 5.97 Å². The molecule has 0 amide bonds. The number of aromatic nitrogens is 3. The van der Waals surface area contributed by atoms with E-state index in [9.17, 15) is 4.79 Å². The number of aromatic carboxylic acids is 1. The molecule has 0 aromatic carbocycles. The average Bonchev–Trinajstić information content (AvgIpc) is 2.65. The monoisotopic (exact) mass is 267 g/mol. The quantitative estimate of drug-likeness (QED) is 0.900. The minimum Gasteiger partial charge on any atom is -0.478 e. The molecule has 0 radical (unpaired) electrons. The van der Waals surface area contributed by atoms with E-state index in [2.05, 4.69) is 26.0 Å². The molecule has 2 rings (SSSR count). The number of carboxylic acids is 1. The lowest BCUT2D eigenvalue weighted by Gasteiger charge is -2.03. The summed E-state index contributed by atoms with van der Waals surface area (Å²) < 4.78 is 2.27. The molecule has 0 fully saturated rings. The topological polar surface area (TPSA) is 68.0 Å². The number of hydrogen-bond donors (Lipinski definition) is 1. The molecule has 2 aromatic rings. The molecule has 0 unspecified atom stereocenters. The number of nitrogens with zero attached hydrogens (tertiary/aromatic N) is 3. The predicted octanol–water partition coefficient (Wildman–Crippen LogP) is 1.73. The summed E-state index contributed by atoms with van der Waals surface area (Å²) in [5, 5.41) is 12.9. The number of carboxylic acid groups (broad SMARTS) is 1. The molecule has 1 N–H and O–H groups in total. The Kier molecular flexibility index (Phi) is 2.51. The van der Waals surface area contributed by atoms with Crippen molar-refractivity contribution < 1.29 is 9.90 Å². The van der Waals surface area contributed by atoms with Gasteiger partial charge in [0.2, 0.25) is 0 Å². The molecule has 2 aromatic heterocycles. The Bertz CT molecular complexity index is 510. The van der Waals surface area contributed by atoms with Crippen LogP contribution in [-0.4, -0.2) is 25.8 Å². The summed E-state index contributed by atoms with van der Waals surface area (Å²) in [6, 6.07) is 1.60. The van der Waals surface area contributed by atoms with Crippen molar-refractivity contribution in [3.63, 3.8) is 0 Å². The van der Waals surface area contributed by atoms with Gasteiger partial charge < -0.3 is 5.11 Å². The van der Waals surface area contributed by atoms with Crippen molar-refractivity contribution in [3.05, 3.63) is 40.9 Å². The molecule has 0 saturated heterocycles. The summed E-state index contributed by atoms with van der Waals surface area (Å²) >= 11 is 3.24. The molecular formula is C9H6BrN3O2. The van der Waals surface area contributed by atoms with E-state index in [1.54, 1.807) is 18.5 Å². The number of pyridine rings is 1. The van der Waals surface area contributed by atoms with Gasteiger partial charge in [-0.15, -0.1) is 0 Å². The molecule has 0 aliphatic rings. The van der Waals surface area contributed by atoms with Crippen molar-refractivity contribution >= 4 is 21.9 Å². The second-order valence-electron chi connectivity index (χ2n) is 2.80. The van der Waals surface area contributed by atoms with Gasteiger partial charge in [0.25, 0.3) is 0 Å². The highest BCUT2D eigenvalue weighted by Crippen LogP contribution is 2.15. The lowest BCUT2D eigenvalue weighted by atomic mass is 10.2. The van der Waals surface area contributed by atoms with Crippen LogP contribution < -0.4 is 0 Å². The maximum atomic E-state index is 10.9. The molecule has 15 heavy (non-hydrogen) atoms. The van der Waals surface area contributed by atoms with Crippen molar-refractivity contribution in [1.82, 2.24) is 14.8 Å². The molecule has 0 atom stereocenters. The molecule has 0 bridgehead atoms. The Morgan fingerprint density at radius 2 is 2.27 bits per heavy atom. The van der Waals surface area contributed by atoms with Crippen LogP contribution in [-0.2, 0) is 0 Å². The second-order valence-corrected chi connectivity index (χ2v) is 3.72. The fourth-order valence-corrected chi connectivity index (χ4v) is 1.47. The highest BCUT2D eigenvalue weighted by atomic mass is 79.9. The standard InChI is InChI=1S/C9H6BrN3O2/c10-6-3-12-13(5-6)8-1-2-11-4-7(8)9(14)15/h1-5H,(H,14,15). The Balaban J connectivity index is 2.57. The van der Waals surface area contributed by atoms with Crippen LogP contribution in [0.5, 0.6) is 0 Å². The first-order valence-corrected chi connectivity index (χ1v) is 4.85. The lowest BCUT2D eigenvalue weighted by molar-refractivity contribution is 0.0696. The SMILES string of the molecule is O=C(O)c1cnccc1-n1cc(Br)cn1. The largest absolute Gasteiger partial charge is 0.478 e. The van der Waals surface area contributed by atoms with E-state index in [4.69, 9.17) is 5.11 Å². The van der Waals surface area contributed by atoms with Crippen LogP contribution in [0.15, 0.2) is 35.3 Å². The first kappa shape index (κ1) is 9.85. The highest BCUT2D eigenvalue weighted by molar-refractivity contribution is 9.10. The van der Waals surface area contributed by atoms with Gasteiger partial charge in [0, 0.05) is 18.6 Å². The predicted molar refractivity (Wildman–Crippen MR) is 56.0 cm³/mol. The second kappa shape index (κ2) is 3.82. The highest BCUT2D eigenvalue weighted by Gasteiger charge is 2.11. The zero-order valence-corrected chi connectivity index (χ0v) is 9.05. The van der Waals surface area contributed by atoms with Crippen LogP contribution in [0.4, 0.5) is 0 Å². The van der Waals surface area contributed by atoms with Crippen LogP contribution in [0.1, 0.15) is 10.4 Å². The Morgan fingerprint density at radius 1 is 1.47 bits per heavy atom. The van der Waals surface area contributed by atoms with Crippen LogP contribution in [0.25, 0.3) is 5.69 Å². The molecule has 6 heteroatoms. The molecule has 5 nitrogen and oxygen atoms in total. The third kappa shape index (κ3) is 1.89. The van der Waals surface area contributed by atoms with E-state index in [0.29, 0.717) is 5.69 Å². The third-order valence-corrected chi connectivity index (χ3v) is 2.24. The first-order chi connectivity index (χ1) is 7.18. The number of rotatable bonds is 2. The summed E-state index contributed by atoms with van der Waals surface area (Å²) in [4.78, 5) is 14.7. The van der Waals surface area contributed by atoms with Gasteiger partial charge in [-0.05, 0) is 22.0 Å². The van der Waals surface area contributed by atoms with E-state index < -0.39 is 5.97 Å². The Morgan fingerprint density at radius 3 is 2.87 bits per heavy atom. The van der Waals surface area contributed by atoms with E-state index in [1.165, 1.54) is 17.1 Å². The smallest absolute Gasteiger partial charge is 0.339 e. The van der Waals surface area contributed by atoms with Crippen LogP contribution >= 0.6 is 15.9 Å². The zero-order valence-electron chi connectivity index (χ0n) is 7.46. The minimum absolute atomic E-state index is 0.119. The Hall–Kier alpha value is -1.69. The van der Waals surface area contributed by atoms with E-state index >= 15 is 0 Å². The summed E-state index contributed by atoms with van der Waals surface area (Å²) in [7, 11) is 0. The molecule has 0 aliphatic carbocycles. The fraction of sp³-hybridized carbons (Fsp3) is 0. The summed E-state index contributed by atoms with van der Waals surface area (Å²) in [5.74, 6) is -1.02. The van der Waals surface area contributed by atoms with Crippen LogP contribution in [0.3, 0.4) is 0 Å². The average molecular weight is 268 g/mol. The van der Waals surface area contributed by atoms with Crippen molar-refractivity contribution in [1.29, 1.82) is 0 Å². The number of halogens is 1. The number of carbonyl (C=O) groups is 1. The van der Waals surface area contributed by atoms with Crippen LogP contribution in [0, 0.1) is 0 Å². The maximum absolute atomic E-state index is 10.9. The van der Waals surface area contributed by atoms with Gasteiger partial charge in [0.15, 0.2) is 0 Å². The lowest BCUT2D eigenvalue weighted by Crippen LogP contribution is -2.06. The third-order valence-electron chi connectivity index (χ3n) is 1.83. The molecule has 2 heterocycles. The van der Waals surface area contributed by atoms with E-state index in [-0.39, 0.29) is 5.56 Å². The fourth-order valence-electron chi connectivity index (χ4n) is 1.18. The first-order valence-electron chi connectivity index (χ1n) is 4.06. The van der Waals surface area contributed by atoms with Crippen molar-refractivity contribution in [2.24, 2.45) is 0 Å². The van der Waals surface area contributed by atoms with Gasteiger partial charge in [-0.1, -0.05) is 0 Å². The number of hydrogen-bond acceptors (Lipinski definition) is 3. The summed E-state index contributed by atoms with van der Waals surface area (Å²) in [5.41, 5.74) is 0.608. The maximum Gasteiger partial charge on any atom is 0.339 e. The minimum atomic E-state index is -1.02. The van der Waals surface area contributed by atoms with Crippen molar-refractivity contribution in [2.75, 3.05) is 0 Å². The van der Waals surface area contributed by atoms with Gasteiger partial charge in [-0.2, -0.15) is 5.10 Å². The van der Waals surface area contributed by atoms with Gasteiger partial charge in [-0.25, -0.2) is 9.48 Å². The zero-order chi connectivity index (χ0) is 10.8. The summed E-state index contributed by atoms with van der Waals surface area (Å²) in [6.45, 7) is 0. The molecule has 0 saturated carbocycles. The Labute approximate surface area is 93.5 Å². The van der Waals surface area contributed by atoms with Gasteiger partial charge in [-0.3, -0.25) is 4.98 Å². The molecular weight excluding hydrogens is 262 g/mol. The molecule has 76 valence electrons. The molecule has 0 spiro atoms. The van der Waals surface area contributed by atoms with E-state index in [0.717, 1.165) is 4.47 Å². The van der Waals surface area contributed by atoms with E-state index in [1.807, 2.05) is 0 Å². The summed E-state index contributed by atoms with van der Waals surface area (Å²) in [6.07, 6.45) is 6.10.